The Kier molecular flexibility index (Phi) is 4.72. The summed E-state index contributed by atoms with van der Waals surface area (Å²) in [5.41, 5.74) is 0.412. The fraction of sp³-hybridized carbons (Fsp3) is 0.625. The summed E-state index contributed by atoms with van der Waals surface area (Å²) in [6.45, 7) is 12.6. The molecule has 1 aromatic carbocycles. The topological polar surface area (TPSA) is 12.0 Å². The second-order valence-electron chi connectivity index (χ2n) is 7.15. The van der Waals surface area contributed by atoms with E-state index in [-0.39, 0.29) is 22.8 Å². The van der Waals surface area contributed by atoms with E-state index in [1.165, 1.54) is 12.1 Å². The SMILES string of the molecule is CC(NC(C)(C)CC(C)(C)C)c1cc(F)ccc1F. The summed E-state index contributed by atoms with van der Waals surface area (Å²) in [7, 11) is 0. The van der Waals surface area contributed by atoms with Crippen LogP contribution in [0.15, 0.2) is 18.2 Å². The zero-order valence-corrected chi connectivity index (χ0v) is 12.8. The smallest absolute Gasteiger partial charge is 0.128 e. The van der Waals surface area contributed by atoms with E-state index in [4.69, 9.17) is 0 Å². The molecule has 0 saturated heterocycles. The fourth-order valence-electron chi connectivity index (χ4n) is 2.89. The van der Waals surface area contributed by atoms with Crippen molar-refractivity contribution in [3.63, 3.8) is 0 Å². The van der Waals surface area contributed by atoms with Gasteiger partial charge in [-0.2, -0.15) is 0 Å². The van der Waals surface area contributed by atoms with Crippen molar-refractivity contribution in [2.75, 3.05) is 0 Å². The Morgan fingerprint density at radius 3 is 2.21 bits per heavy atom. The summed E-state index contributed by atoms with van der Waals surface area (Å²) in [6, 6.07) is 3.36. The van der Waals surface area contributed by atoms with Gasteiger partial charge < -0.3 is 5.32 Å². The van der Waals surface area contributed by atoms with Gasteiger partial charge in [0.05, 0.1) is 0 Å². The molecular weight excluding hydrogens is 244 g/mol. The van der Waals surface area contributed by atoms with Gasteiger partial charge in [0.15, 0.2) is 0 Å². The van der Waals surface area contributed by atoms with Gasteiger partial charge in [-0.05, 0) is 50.8 Å². The molecule has 1 N–H and O–H groups in total. The van der Waals surface area contributed by atoms with E-state index >= 15 is 0 Å². The van der Waals surface area contributed by atoms with Gasteiger partial charge in [0.1, 0.15) is 11.6 Å². The lowest BCUT2D eigenvalue weighted by Gasteiger charge is -2.36. The quantitative estimate of drug-likeness (QED) is 0.825. The van der Waals surface area contributed by atoms with Crippen LogP contribution in [0.3, 0.4) is 0 Å². The minimum Gasteiger partial charge on any atom is -0.305 e. The van der Waals surface area contributed by atoms with E-state index < -0.39 is 5.82 Å². The molecule has 19 heavy (non-hydrogen) atoms. The molecule has 0 aromatic heterocycles. The molecule has 0 amide bonds. The lowest BCUT2D eigenvalue weighted by Crippen LogP contribution is -2.43. The van der Waals surface area contributed by atoms with Crippen molar-refractivity contribution in [3.05, 3.63) is 35.4 Å². The number of halogens is 2. The summed E-state index contributed by atoms with van der Waals surface area (Å²) in [5, 5.41) is 3.39. The maximum atomic E-state index is 13.7. The van der Waals surface area contributed by atoms with Crippen LogP contribution < -0.4 is 5.32 Å². The molecule has 108 valence electrons. The molecule has 0 aliphatic heterocycles. The highest BCUT2D eigenvalue weighted by atomic mass is 19.1. The van der Waals surface area contributed by atoms with Crippen molar-refractivity contribution in [1.82, 2.24) is 5.32 Å². The summed E-state index contributed by atoms with van der Waals surface area (Å²) < 4.78 is 26.9. The van der Waals surface area contributed by atoms with Crippen LogP contribution in [0.2, 0.25) is 0 Å². The molecule has 0 bridgehead atoms. The van der Waals surface area contributed by atoms with Crippen LogP contribution in [0.5, 0.6) is 0 Å². The Morgan fingerprint density at radius 1 is 1.11 bits per heavy atom. The molecule has 1 unspecified atom stereocenters. The predicted octanol–water partition coefficient (Wildman–Crippen LogP) is 4.83. The average molecular weight is 269 g/mol. The molecule has 0 heterocycles. The van der Waals surface area contributed by atoms with E-state index in [1.807, 2.05) is 6.92 Å². The molecule has 1 aromatic rings. The first kappa shape index (κ1) is 16.1. The molecule has 0 aliphatic rings. The highest BCUT2D eigenvalue weighted by Gasteiger charge is 2.27. The molecule has 1 atom stereocenters. The van der Waals surface area contributed by atoms with E-state index in [0.29, 0.717) is 5.56 Å². The van der Waals surface area contributed by atoms with E-state index in [0.717, 1.165) is 12.5 Å². The van der Waals surface area contributed by atoms with Crippen molar-refractivity contribution < 1.29 is 8.78 Å². The Labute approximate surface area is 115 Å². The first-order valence-corrected chi connectivity index (χ1v) is 6.73. The monoisotopic (exact) mass is 269 g/mol. The van der Waals surface area contributed by atoms with Crippen LogP contribution in [0.1, 0.15) is 59.6 Å². The molecular formula is C16H25F2N. The van der Waals surface area contributed by atoms with Gasteiger partial charge in [-0.25, -0.2) is 8.78 Å². The molecule has 0 radical (unpaired) electrons. The summed E-state index contributed by atoms with van der Waals surface area (Å²) in [5.74, 6) is -0.772. The van der Waals surface area contributed by atoms with Crippen molar-refractivity contribution in [1.29, 1.82) is 0 Å². The standard InChI is InChI=1S/C16H25F2N/c1-11(13-9-12(17)7-8-14(13)18)19-16(5,6)10-15(2,3)4/h7-9,11,19H,10H2,1-6H3. The van der Waals surface area contributed by atoms with Crippen molar-refractivity contribution in [3.8, 4) is 0 Å². The number of rotatable bonds is 4. The lowest BCUT2D eigenvalue weighted by molar-refractivity contribution is 0.225. The minimum absolute atomic E-state index is 0.142. The van der Waals surface area contributed by atoms with Gasteiger partial charge in [0, 0.05) is 17.1 Å². The van der Waals surface area contributed by atoms with Crippen molar-refractivity contribution in [2.24, 2.45) is 5.41 Å². The van der Waals surface area contributed by atoms with Crippen LogP contribution in [-0.2, 0) is 0 Å². The minimum atomic E-state index is -0.404. The van der Waals surface area contributed by atoms with Gasteiger partial charge in [0.25, 0.3) is 0 Å². The van der Waals surface area contributed by atoms with E-state index in [1.54, 1.807) is 0 Å². The maximum Gasteiger partial charge on any atom is 0.128 e. The first-order chi connectivity index (χ1) is 8.50. The van der Waals surface area contributed by atoms with Crippen LogP contribution in [0, 0.1) is 17.0 Å². The molecule has 0 saturated carbocycles. The second kappa shape index (κ2) is 5.58. The van der Waals surface area contributed by atoms with Crippen molar-refractivity contribution >= 4 is 0 Å². The zero-order valence-electron chi connectivity index (χ0n) is 12.8. The third kappa shape index (κ3) is 5.27. The normalized spacial score (nSPS) is 14.5. The van der Waals surface area contributed by atoms with Gasteiger partial charge in [-0.3, -0.25) is 0 Å². The Balaban J connectivity index is 2.84. The Bertz CT molecular complexity index is 433. The summed E-state index contributed by atoms with van der Waals surface area (Å²) >= 11 is 0. The maximum absolute atomic E-state index is 13.7. The highest BCUT2D eigenvalue weighted by molar-refractivity contribution is 5.22. The van der Waals surface area contributed by atoms with Gasteiger partial charge in [0.2, 0.25) is 0 Å². The average Bonchev–Trinajstić information content (AvgIpc) is 2.16. The second-order valence-corrected chi connectivity index (χ2v) is 7.15. The Morgan fingerprint density at radius 2 is 1.68 bits per heavy atom. The third-order valence-corrected chi connectivity index (χ3v) is 3.00. The summed E-state index contributed by atoms with van der Waals surface area (Å²) in [6.07, 6.45) is 0.946. The van der Waals surface area contributed by atoms with E-state index in [9.17, 15) is 8.78 Å². The number of hydrogen-bond donors (Lipinski definition) is 1. The fourth-order valence-corrected chi connectivity index (χ4v) is 2.89. The predicted molar refractivity (Wildman–Crippen MR) is 76.1 cm³/mol. The van der Waals surface area contributed by atoms with Gasteiger partial charge in [-0.1, -0.05) is 20.8 Å². The van der Waals surface area contributed by atoms with Gasteiger partial charge in [-0.15, -0.1) is 0 Å². The first-order valence-electron chi connectivity index (χ1n) is 6.73. The van der Waals surface area contributed by atoms with Crippen LogP contribution in [0.4, 0.5) is 8.78 Å². The highest BCUT2D eigenvalue weighted by Crippen LogP contribution is 2.29. The van der Waals surface area contributed by atoms with Crippen LogP contribution >= 0.6 is 0 Å². The van der Waals surface area contributed by atoms with Gasteiger partial charge >= 0.3 is 0 Å². The molecule has 3 heteroatoms. The molecule has 1 nitrogen and oxygen atoms in total. The Hall–Kier alpha value is -0.960. The van der Waals surface area contributed by atoms with Crippen molar-refractivity contribution in [2.45, 2.75) is 59.5 Å². The third-order valence-electron chi connectivity index (χ3n) is 3.00. The largest absolute Gasteiger partial charge is 0.305 e. The zero-order chi connectivity index (χ0) is 14.8. The van der Waals surface area contributed by atoms with E-state index in [2.05, 4.69) is 39.9 Å². The molecule has 0 aliphatic carbocycles. The molecule has 0 fully saturated rings. The lowest BCUT2D eigenvalue weighted by atomic mass is 9.81. The van der Waals surface area contributed by atoms with Crippen LogP contribution in [0.25, 0.3) is 0 Å². The molecule has 1 rings (SSSR count). The number of nitrogens with one attached hydrogen (secondary N) is 1. The summed E-state index contributed by atoms with van der Waals surface area (Å²) in [4.78, 5) is 0. The number of benzene rings is 1. The van der Waals surface area contributed by atoms with Crippen LogP contribution in [-0.4, -0.2) is 5.54 Å². The number of hydrogen-bond acceptors (Lipinski definition) is 1. The molecule has 0 spiro atoms.